The van der Waals surface area contributed by atoms with Crippen molar-refractivity contribution in [2.75, 3.05) is 13.1 Å². The average molecular weight is 241 g/mol. The minimum absolute atomic E-state index is 0.0537. The van der Waals surface area contributed by atoms with E-state index in [-0.39, 0.29) is 11.8 Å². The number of hydrogen-bond donors (Lipinski definition) is 1. The first-order valence-electron chi connectivity index (χ1n) is 5.29. The Kier molecular flexibility index (Phi) is 3.74. The molecule has 0 aliphatic carbocycles. The van der Waals surface area contributed by atoms with Crippen molar-refractivity contribution < 1.29 is 9.53 Å². The average Bonchev–Trinajstić information content (AvgIpc) is 2.30. The summed E-state index contributed by atoms with van der Waals surface area (Å²) in [6, 6.07) is 3.14. The number of piperidine rings is 1. The third kappa shape index (κ3) is 2.93. The summed E-state index contributed by atoms with van der Waals surface area (Å²) >= 11 is 5.77. The van der Waals surface area contributed by atoms with E-state index in [1.807, 2.05) is 0 Å². The van der Waals surface area contributed by atoms with Gasteiger partial charge in [0.1, 0.15) is 11.8 Å². The maximum Gasteiger partial charge on any atom is 0.357 e. The Morgan fingerprint density at radius 1 is 1.62 bits per heavy atom. The molecule has 0 bridgehead atoms. The van der Waals surface area contributed by atoms with E-state index in [0.29, 0.717) is 11.6 Å². The summed E-state index contributed by atoms with van der Waals surface area (Å²) in [5.74, 6) is -0.406. The first-order chi connectivity index (χ1) is 7.75. The Labute approximate surface area is 99.0 Å². The van der Waals surface area contributed by atoms with E-state index in [1.165, 1.54) is 12.3 Å². The van der Waals surface area contributed by atoms with Gasteiger partial charge in [0.25, 0.3) is 0 Å². The van der Waals surface area contributed by atoms with Crippen LogP contribution in [0.15, 0.2) is 18.3 Å². The quantitative estimate of drug-likeness (QED) is 0.799. The van der Waals surface area contributed by atoms with Gasteiger partial charge in [0, 0.05) is 17.8 Å². The lowest BCUT2D eigenvalue weighted by atomic mass is 10.1. The Bertz CT molecular complexity index is 378. The van der Waals surface area contributed by atoms with Gasteiger partial charge in [0.05, 0.1) is 0 Å². The molecule has 1 saturated heterocycles. The fraction of sp³-hybridized carbons (Fsp3) is 0.455. The second kappa shape index (κ2) is 5.27. The third-order valence-corrected chi connectivity index (χ3v) is 2.69. The molecule has 0 radical (unpaired) electrons. The number of carbonyl (C=O) groups excluding carboxylic acids is 1. The molecule has 2 heterocycles. The zero-order chi connectivity index (χ0) is 11.4. The highest BCUT2D eigenvalue weighted by atomic mass is 35.5. The van der Waals surface area contributed by atoms with Crippen molar-refractivity contribution in [3.05, 3.63) is 29.0 Å². The van der Waals surface area contributed by atoms with Crippen LogP contribution in [0.4, 0.5) is 0 Å². The van der Waals surface area contributed by atoms with Crippen LogP contribution in [0.5, 0.6) is 0 Å². The molecule has 0 aromatic carbocycles. The van der Waals surface area contributed by atoms with Crippen LogP contribution in [0.3, 0.4) is 0 Å². The van der Waals surface area contributed by atoms with Crippen LogP contribution in [0.1, 0.15) is 23.3 Å². The standard InChI is InChI=1S/C11H13ClN2O2/c12-8-3-5-14-10(6-8)11(15)16-9-2-1-4-13-7-9/h3,5-6,9,13H,1-2,4,7H2/t9-/m0/s1. The smallest absolute Gasteiger partial charge is 0.357 e. The second-order valence-corrected chi connectivity index (χ2v) is 4.17. The van der Waals surface area contributed by atoms with Gasteiger partial charge in [-0.1, -0.05) is 11.6 Å². The molecule has 0 unspecified atom stereocenters. The van der Waals surface area contributed by atoms with Crippen molar-refractivity contribution in [3.8, 4) is 0 Å². The largest absolute Gasteiger partial charge is 0.456 e. The molecule has 0 spiro atoms. The highest BCUT2D eigenvalue weighted by Crippen LogP contribution is 2.12. The van der Waals surface area contributed by atoms with Crippen LogP contribution < -0.4 is 5.32 Å². The summed E-state index contributed by atoms with van der Waals surface area (Å²) in [6.45, 7) is 1.70. The SMILES string of the molecule is O=C(O[C@H]1CCCNC1)c1cc(Cl)ccn1. The molecule has 0 amide bonds. The van der Waals surface area contributed by atoms with Gasteiger partial charge in [-0.05, 0) is 31.5 Å². The van der Waals surface area contributed by atoms with Crippen LogP contribution in [-0.4, -0.2) is 30.1 Å². The van der Waals surface area contributed by atoms with Gasteiger partial charge in [0.2, 0.25) is 0 Å². The van der Waals surface area contributed by atoms with Gasteiger partial charge in [-0.25, -0.2) is 9.78 Å². The molecule has 1 N–H and O–H groups in total. The predicted molar refractivity (Wildman–Crippen MR) is 60.6 cm³/mol. The lowest BCUT2D eigenvalue weighted by molar-refractivity contribution is 0.0239. The molecular formula is C11H13ClN2O2. The zero-order valence-electron chi connectivity index (χ0n) is 8.78. The molecule has 5 heteroatoms. The van der Waals surface area contributed by atoms with E-state index < -0.39 is 5.97 Å². The topological polar surface area (TPSA) is 51.2 Å². The molecule has 1 aromatic heterocycles. The number of hydrogen-bond acceptors (Lipinski definition) is 4. The van der Waals surface area contributed by atoms with Gasteiger partial charge >= 0.3 is 5.97 Å². The van der Waals surface area contributed by atoms with Crippen LogP contribution in [0.2, 0.25) is 5.02 Å². The maximum absolute atomic E-state index is 11.7. The molecule has 1 fully saturated rings. The molecule has 2 rings (SSSR count). The molecule has 0 saturated carbocycles. The number of pyridine rings is 1. The normalized spacial score (nSPS) is 20.4. The van der Waals surface area contributed by atoms with E-state index in [2.05, 4.69) is 10.3 Å². The first-order valence-corrected chi connectivity index (χ1v) is 5.67. The molecule has 1 aliphatic rings. The van der Waals surface area contributed by atoms with Gasteiger partial charge in [-0.15, -0.1) is 0 Å². The Hall–Kier alpha value is -1.13. The number of halogens is 1. The molecule has 86 valence electrons. The highest BCUT2D eigenvalue weighted by molar-refractivity contribution is 6.30. The fourth-order valence-corrected chi connectivity index (χ4v) is 1.81. The monoisotopic (exact) mass is 240 g/mol. The molecule has 1 aliphatic heterocycles. The van der Waals surface area contributed by atoms with Crippen LogP contribution in [0, 0.1) is 0 Å². The third-order valence-electron chi connectivity index (χ3n) is 2.46. The molecule has 16 heavy (non-hydrogen) atoms. The second-order valence-electron chi connectivity index (χ2n) is 3.73. The number of aromatic nitrogens is 1. The Balaban J connectivity index is 1.97. The minimum Gasteiger partial charge on any atom is -0.456 e. The van der Waals surface area contributed by atoms with Crippen LogP contribution in [0.25, 0.3) is 0 Å². The van der Waals surface area contributed by atoms with E-state index >= 15 is 0 Å². The van der Waals surface area contributed by atoms with Crippen LogP contribution >= 0.6 is 11.6 Å². The number of ether oxygens (including phenoxy) is 1. The van der Waals surface area contributed by atoms with Crippen LogP contribution in [-0.2, 0) is 4.74 Å². The Morgan fingerprint density at radius 2 is 2.50 bits per heavy atom. The van der Waals surface area contributed by atoms with Gasteiger partial charge < -0.3 is 10.1 Å². The summed E-state index contributed by atoms with van der Waals surface area (Å²) in [5.41, 5.74) is 0.262. The molecular weight excluding hydrogens is 228 g/mol. The number of nitrogens with one attached hydrogen (secondary N) is 1. The van der Waals surface area contributed by atoms with E-state index in [4.69, 9.17) is 16.3 Å². The molecule has 1 aromatic rings. The summed E-state index contributed by atoms with van der Waals surface area (Å²) in [7, 11) is 0. The highest BCUT2D eigenvalue weighted by Gasteiger charge is 2.19. The summed E-state index contributed by atoms with van der Waals surface area (Å²) in [5, 5.41) is 3.67. The lowest BCUT2D eigenvalue weighted by Crippen LogP contribution is -2.36. The number of rotatable bonds is 2. The number of carbonyl (C=O) groups is 1. The molecule has 4 nitrogen and oxygen atoms in total. The van der Waals surface area contributed by atoms with E-state index in [9.17, 15) is 4.79 Å². The maximum atomic E-state index is 11.7. The summed E-state index contributed by atoms with van der Waals surface area (Å²) in [6.07, 6.45) is 3.38. The number of nitrogens with zero attached hydrogens (tertiary/aromatic N) is 1. The van der Waals surface area contributed by atoms with Crippen molar-refractivity contribution in [1.29, 1.82) is 0 Å². The van der Waals surface area contributed by atoms with Gasteiger partial charge in [0.15, 0.2) is 0 Å². The summed E-state index contributed by atoms with van der Waals surface area (Å²) < 4.78 is 5.31. The lowest BCUT2D eigenvalue weighted by Gasteiger charge is -2.22. The van der Waals surface area contributed by atoms with Crippen molar-refractivity contribution in [1.82, 2.24) is 10.3 Å². The van der Waals surface area contributed by atoms with Crippen molar-refractivity contribution in [3.63, 3.8) is 0 Å². The number of esters is 1. The Morgan fingerprint density at radius 3 is 3.19 bits per heavy atom. The van der Waals surface area contributed by atoms with Crippen molar-refractivity contribution in [2.24, 2.45) is 0 Å². The van der Waals surface area contributed by atoms with E-state index in [1.54, 1.807) is 6.07 Å². The summed E-state index contributed by atoms with van der Waals surface area (Å²) in [4.78, 5) is 15.6. The van der Waals surface area contributed by atoms with Gasteiger partial charge in [-0.2, -0.15) is 0 Å². The predicted octanol–water partition coefficient (Wildman–Crippen LogP) is 1.64. The zero-order valence-corrected chi connectivity index (χ0v) is 9.54. The van der Waals surface area contributed by atoms with Crippen molar-refractivity contribution >= 4 is 17.6 Å². The molecule has 1 atom stereocenters. The first kappa shape index (κ1) is 11.4. The minimum atomic E-state index is -0.406. The van der Waals surface area contributed by atoms with Crippen molar-refractivity contribution in [2.45, 2.75) is 18.9 Å². The van der Waals surface area contributed by atoms with Gasteiger partial charge in [-0.3, -0.25) is 0 Å². The fourth-order valence-electron chi connectivity index (χ4n) is 1.65. The van der Waals surface area contributed by atoms with E-state index in [0.717, 1.165) is 19.4 Å².